The number of hydrogen-bond donors (Lipinski definition) is 1. The normalized spacial score (nSPS) is 24.4. The van der Waals surface area contributed by atoms with Crippen LogP contribution in [0.25, 0.3) is 0 Å². The molecule has 21 heavy (non-hydrogen) atoms. The third kappa shape index (κ3) is 5.51. The molecule has 0 bridgehead atoms. The van der Waals surface area contributed by atoms with Gasteiger partial charge in [-0.3, -0.25) is 0 Å². The molecule has 1 atom stereocenters. The number of nitrogens with two attached hydrogens (primary N) is 1. The number of allylic oxidation sites excluding steroid dienone is 9. The highest BCUT2D eigenvalue weighted by molar-refractivity contribution is 5.37. The lowest BCUT2D eigenvalue weighted by molar-refractivity contribution is 0.344. The zero-order valence-electron chi connectivity index (χ0n) is 14.5. The van der Waals surface area contributed by atoms with E-state index in [1.165, 1.54) is 22.3 Å². The van der Waals surface area contributed by atoms with Crippen LogP contribution >= 0.6 is 0 Å². The van der Waals surface area contributed by atoms with Crippen molar-refractivity contribution in [2.45, 2.75) is 60.4 Å². The van der Waals surface area contributed by atoms with E-state index >= 15 is 0 Å². The van der Waals surface area contributed by atoms with Gasteiger partial charge in [0.15, 0.2) is 0 Å². The Morgan fingerprint density at radius 1 is 1.19 bits per heavy atom. The number of hydrogen-bond acceptors (Lipinski definition) is 1. The Hall–Kier alpha value is -1.34. The van der Waals surface area contributed by atoms with Crippen LogP contribution in [0.5, 0.6) is 0 Å². The fourth-order valence-corrected chi connectivity index (χ4v) is 3.00. The third-order valence-electron chi connectivity index (χ3n) is 4.22. The average Bonchev–Trinajstić information content (AvgIpc) is 2.36. The molecule has 1 unspecified atom stereocenters. The van der Waals surface area contributed by atoms with Gasteiger partial charge in [-0.1, -0.05) is 67.0 Å². The lowest BCUT2D eigenvalue weighted by Gasteiger charge is -2.36. The molecule has 0 amide bonds. The van der Waals surface area contributed by atoms with E-state index in [0.29, 0.717) is 6.04 Å². The molecule has 2 N–H and O–H groups in total. The predicted octanol–water partition coefficient (Wildman–Crippen LogP) is 5.48. The second kappa shape index (κ2) is 7.61. The van der Waals surface area contributed by atoms with Gasteiger partial charge >= 0.3 is 0 Å². The van der Waals surface area contributed by atoms with Gasteiger partial charge in [0.05, 0.1) is 0 Å². The Morgan fingerprint density at radius 3 is 2.43 bits per heavy atom. The molecule has 0 aromatic heterocycles. The van der Waals surface area contributed by atoms with E-state index in [-0.39, 0.29) is 5.41 Å². The summed E-state index contributed by atoms with van der Waals surface area (Å²) in [5.74, 6) is 0. The maximum Gasteiger partial charge on any atom is 0.00844 e. The molecule has 0 radical (unpaired) electrons. The van der Waals surface area contributed by atoms with Gasteiger partial charge < -0.3 is 5.73 Å². The maximum atomic E-state index is 6.14. The van der Waals surface area contributed by atoms with E-state index < -0.39 is 0 Å². The molecule has 1 nitrogen and oxygen atoms in total. The molecule has 0 heterocycles. The smallest absolute Gasteiger partial charge is 0.00844 e. The highest BCUT2D eigenvalue weighted by atomic mass is 14.6. The Morgan fingerprint density at radius 2 is 1.86 bits per heavy atom. The third-order valence-corrected chi connectivity index (χ3v) is 4.22. The lowest BCUT2D eigenvalue weighted by Crippen LogP contribution is -2.33. The maximum absolute atomic E-state index is 6.14. The molecule has 1 aliphatic carbocycles. The molecule has 0 saturated carbocycles. The van der Waals surface area contributed by atoms with Crippen LogP contribution in [0.4, 0.5) is 0 Å². The minimum Gasteiger partial charge on any atom is -0.327 e. The van der Waals surface area contributed by atoms with E-state index in [0.717, 1.165) is 12.8 Å². The number of rotatable bonds is 4. The van der Waals surface area contributed by atoms with Gasteiger partial charge in [0.2, 0.25) is 0 Å². The van der Waals surface area contributed by atoms with E-state index in [2.05, 4.69) is 78.0 Å². The summed E-state index contributed by atoms with van der Waals surface area (Å²) in [6, 6.07) is 0.306. The van der Waals surface area contributed by atoms with Crippen molar-refractivity contribution in [3.05, 3.63) is 58.7 Å². The fraction of sp³-hybridized carbons (Fsp3) is 0.500. The summed E-state index contributed by atoms with van der Waals surface area (Å²) in [6.07, 6.45) is 15.1. The van der Waals surface area contributed by atoms with Crippen molar-refractivity contribution < 1.29 is 0 Å². The monoisotopic (exact) mass is 285 g/mol. The van der Waals surface area contributed by atoms with Gasteiger partial charge in [-0.15, -0.1) is 0 Å². The van der Waals surface area contributed by atoms with Gasteiger partial charge in [0.25, 0.3) is 0 Å². The Bertz CT molecular complexity index is 510. The topological polar surface area (TPSA) is 26.0 Å². The summed E-state index contributed by atoms with van der Waals surface area (Å²) in [6.45, 7) is 13.1. The SMILES string of the molecule is CC=C(C)C=CC=C(C)C=CC1=C(C)CC(N)CC1(C)C. The van der Waals surface area contributed by atoms with Crippen LogP contribution in [0.2, 0.25) is 0 Å². The molecule has 0 aromatic rings. The van der Waals surface area contributed by atoms with E-state index in [1.54, 1.807) is 0 Å². The van der Waals surface area contributed by atoms with Gasteiger partial charge in [-0.2, -0.15) is 0 Å². The molecule has 116 valence electrons. The molecular formula is C20H31N. The zero-order valence-corrected chi connectivity index (χ0v) is 14.5. The van der Waals surface area contributed by atoms with Crippen LogP contribution in [0.3, 0.4) is 0 Å². The molecule has 1 rings (SSSR count). The van der Waals surface area contributed by atoms with Gasteiger partial charge in [-0.05, 0) is 51.5 Å². The van der Waals surface area contributed by atoms with Crippen molar-refractivity contribution in [1.29, 1.82) is 0 Å². The Labute approximate surface area is 131 Å². The molecule has 1 aliphatic rings. The van der Waals surface area contributed by atoms with Crippen LogP contribution in [0, 0.1) is 5.41 Å². The summed E-state index contributed by atoms with van der Waals surface area (Å²) in [4.78, 5) is 0. The van der Waals surface area contributed by atoms with Crippen molar-refractivity contribution in [2.24, 2.45) is 11.1 Å². The van der Waals surface area contributed by atoms with Crippen LogP contribution < -0.4 is 5.73 Å². The van der Waals surface area contributed by atoms with Gasteiger partial charge in [0.1, 0.15) is 0 Å². The van der Waals surface area contributed by atoms with Crippen LogP contribution in [0.15, 0.2) is 58.7 Å². The first-order valence-electron chi connectivity index (χ1n) is 7.88. The van der Waals surface area contributed by atoms with Crippen molar-refractivity contribution in [1.82, 2.24) is 0 Å². The summed E-state index contributed by atoms with van der Waals surface area (Å²) < 4.78 is 0. The van der Waals surface area contributed by atoms with Crippen LogP contribution in [0.1, 0.15) is 54.4 Å². The van der Waals surface area contributed by atoms with Crippen molar-refractivity contribution in [3.8, 4) is 0 Å². The van der Waals surface area contributed by atoms with Crippen LogP contribution in [-0.4, -0.2) is 6.04 Å². The minimum absolute atomic E-state index is 0.176. The quantitative estimate of drug-likeness (QED) is 0.680. The van der Waals surface area contributed by atoms with Crippen LogP contribution in [-0.2, 0) is 0 Å². The molecule has 1 heteroatoms. The summed E-state index contributed by atoms with van der Waals surface area (Å²) in [5.41, 5.74) is 11.7. The summed E-state index contributed by atoms with van der Waals surface area (Å²) in [5, 5.41) is 0. The highest BCUT2D eigenvalue weighted by Crippen LogP contribution is 2.40. The van der Waals surface area contributed by atoms with Gasteiger partial charge in [-0.25, -0.2) is 0 Å². The first kappa shape index (κ1) is 17.7. The Balaban J connectivity index is 2.86. The predicted molar refractivity (Wildman–Crippen MR) is 95.2 cm³/mol. The largest absolute Gasteiger partial charge is 0.327 e. The van der Waals surface area contributed by atoms with E-state index in [4.69, 9.17) is 5.73 Å². The molecular weight excluding hydrogens is 254 g/mol. The first-order chi connectivity index (χ1) is 9.76. The van der Waals surface area contributed by atoms with E-state index in [9.17, 15) is 0 Å². The first-order valence-corrected chi connectivity index (χ1v) is 7.88. The van der Waals surface area contributed by atoms with E-state index in [1.807, 2.05) is 0 Å². The molecule has 0 fully saturated rings. The second-order valence-corrected chi connectivity index (χ2v) is 6.88. The van der Waals surface area contributed by atoms with Gasteiger partial charge in [0, 0.05) is 6.04 Å². The summed E-state index contributed by atoms with van der Waals surface area (Å²) >= 11 is 0. The molecule has 0 saturated heterocycles. The lowest BCUT2D eigenvalue weighted by atomic mass is 9.71. The van der Waals surface area contributed by atoms with Crippen molar-refractivity contribution in [2.75, 3.05) is 0 Å². The highest BCUT2D eigenvalue weighted by Gasteiger charge is 2.30. The standard InChI is InChI=1S/C20H31N/c1-7-15(2)9-8-10-16(3)11-12-19-17(4)13-18(21)14-20(19,5)6/h7-12,18H,13-14,21H2,1-6H3. The minimum atomic E-state index is 0.176. The molecule has 0 aromatic carbocycles. The molecule has 0 spiro atoms. The second-order valence-electron chi connectivity index (χ2n) is 6.88. The van der Waals surface area contributed by atoms with Crippen molar-refractivity contribution in [3.63, 3.8) is 0 Å². The molecule has 0 aliphatic heterocycles. The zero-order chi connectivity index (χ0) is 16.0. The summed E-state index contributed by atoms with van der Waals surface area (Å²) in [7, 11) is 0. The fourth-order valence-electron chi connectivity index (χ4n) is 3.00. The van der Waals surface area contributed by atoms with Crippen molar-refractivity contribution >= 4 is 0 Å². The Kier molecular flexibility index (Phi) is 6.42. The average molecular weight is 285 g/mol.